The number of carbonyl (C=O) groups excluding carboxylic acids is 1. The number of nitrogens with zero attached hydrogens (tertiary/aromatic N) is 5. The Hall–Kier alpha value is -3.17. The molecule has 0 radical (unpaired) electrons. The Kier molecular flexibility index (Phi) is 5.08. The summed E-state index contributed by atoms with van der Waals surface area (Å²) in [5, 5.41) is 4.18. The number of benzene rings is 1. The van der Waals surface area contributed by atoms with Gasteiger partial charge in [-0.3, -0.25) is 14.2 Å². The Morgan fingerprint density at radius 2 is 1.97 bits per heavy atom. The third-order valence-electron chi connectivity index (χ3n) is 5.41. The van der Waals surface area contributed by atoms with Gasteiger partial charge in [0, 0.05) is 13.1 Å². The van der Waals surface area contributed by atoms with Crippen molar-refractivity contribution in [2.45, 2.75) is 32.5 Å². The van der Waals surface area contributed by atoms with Crippen LogP contribution in [0.5, 0.6) is 0 Å². The van der Waals surface area contributed by atoms with Crippen LogP contribution in [0.2, 0.25) is 0 Å². The van der Waals surface area contributed by atoms with Crippen molar-refractivity contribution in [2.24, 2.45) is 5.92 Å². The highest BCUT2D eigenvalue weighted by Gasteiger charge is 2.30. The van der Waals surface area contributed by atoms with Crippen LogP contribution in [0.15, 0.2) is 41.6 Å². The molecule has 158 valence electrons. The van der Waals surface area contributed by atoms with Crippen molar-refractivity contribution in [3.63, 3.8) is 0 Å². The first kappa shape index (κ1) is 20.1. The van der Waals surface area contributed by atoms with Gasteiger partial charge in [-0.15, -0.1) is 0 Å². The molecule has 1 fully saturated rings. The number of hydrogen-bond donors (Lipinski definition) is 0. The summed E-state index contributed by atoms with van der Waals surface area (Å²) >= 11 is 0. The van der Waals surface area contributed by atoms with Gasteiger partial charge in [0.25, 0.3) is 5.56 Å². The molecule has 4 rings (SSSR count). The number of amides is 1. The molecule has 0 N–H and O–H groups in total. The minimum absolute atomic E-state index is 0.134. The summed E-state index contributed by atoms with van der Waals surface area (Å²) in [6.45, 7) is 3.34. The van der Waals surface area contributed by atoms with E-state index in [1.807, 2.05) is 0 Å². The molecule has 3 heterocycles. The second kappa shape index (κ2) is 7.58. The smallest absolute Gasteiger partial charge is 0.341 e. The normalized spacial score (nSPS) is 15.7. The largest absolute Gasteiger partial charge is 0.416 e. The second-order valence-electron chi connectivity index (χ2n) is 7.58. The van der Waals surface area contributed by atoms with Crippen LogP contribution in [0.1, 0.15) is 25.3 Å². The van der Waals surface area contributed by atoms with E-state index >= 15 is 0 Å². The fourth-order valence-corrected chi connectivity index (χ4v) is 3.57. The van der Waals surface area contributed by atoms with Crippen LogP contribution in [-0.2, 0) is 17.5 Å². The third kappa shape index (κ3) is 3.81. The zero-order chi connectivity index (χ0) is 21.5. The first-order valence-electron chi connectivity index (χ1n) is 9.62. The molecule has 1 aromatic carbocycles. The molecular weight excluding hydrogens is 399 g/mol. The van der Waals surface area contributed by atoms with Crippen molar-refractivity contribution in [1.82, 2.24) is 24.2 Å². The molecule has 0 spiro atoms. The Balaban J connectivity index is 1.63. The van der Waals surface area contributed by atoms with E-state index < -0.39 is 17.3 Å². The van der Waals surface area contributed by atoms with Gasteiger partial charge in [0.1, 0.15) is 18.3 Å². The molecule has 0 aliphatic carbocycles. The summed E-state index contributed by atoms with van der Waals surface area (Å²) in [4.78, 5) is 31.3. The van der Waals surface area contributed by atoms with Crippen LogP contribution >= 0.6 is 0 Å². The molecular formula is C20H20F3N5O2. The quantitative estimate of drug-likeness (QED) is 0.655. The third-order valence-corrected chi connectivity index (χ3v) is 5.41. The van der Waals surface area contributed by atoms with Crippen molar-refractivity contribution in [3.05, 3.63) is 52.7 Å². The molecule has 3 aromatic rings. The molecule has 1 aliphatic heterocycles. The first-order valence-corrected chi connectivity index (χ1v) is 9.62. The van der Waals surface area contributed by atoms with Gasteiger partial charge >= 0.3 is 6.18 Å². The van der Waals surface area contributed by atoms with E-state index in [0.29, 0.717) is 19.0 Å². The first-order chi connectivity index (χ1) is 14.2. The Morgan fingerprint density at radius 3 is 2.67 bits per heavy atom. The van der Waals surface area contributed by atoms with E-state index in [0.717, 1.165) is 25.0 Å². The van der Waals surface area contributed by atoms with Gasteiger partial charge in [-0.05, 0) is 37.0 Å². The highest BCUT2D eigenvalue weighted by molar-refractivity contribution is 5.78. The average molecular weight is 419 g/mol. The number of piperidine rings is 1. The van der Waals surface area contributed by atoms with Crippen LogP contribution < -0.4 is 5.56 Å². The average Bonchev–Trinajstić information content (AvgIpc) is 3.15. The number of likely N-dealkylation sites (tertiary alicyclic amines) is 1. The number of halogens is 3. The predicted molar refractivity (Wildman–Crippen MR) is 103 cm³/mol. The summed E-state index contributed by atoms with van der Waals surface area (Å²) in [6.07, 6.45) is -0.134. The summed E-state index contributed by atoms with van der Waals surface area (Å²) in [7, 11) is 0. The Morgan fingerprint density at radius 1 is 1.23 bits per heavy atom. The molecule has 2 aromatic heterocycles. The fourth-order valence-electron chi connectivity index (χ4n) is 3.57. The molecule has 1 saturated heterocycles. The van der Waals surface area contributed by atoms with E-state index in [4.69, 9.17) is 0 Å². The number of fused-ring (bicyclic) bond motifs is 1. The monoisotopic (exact) mass is 419 g/mol. The minimum atomic E-state index is -4.49. The molecule has 0 saturated carbocycles. The molecule has 10 heteroatoms. The second-order valence-corrected chi connectivity index (χ2v) is 7.58. The molecule has 30 heavy (non-hydrogen) atoms. The number of aromatic nitrogens is 4. The molecule has 7 nitrogen and oxygen atoms in total. The standard InChI is InChI=1S/C20H20F3N5O2/c1-13-5-7-26(8-6-13)17(29)11-27-12-24-18-16(19(27)30)10-25-28(18)15-4-2-3-14(9-15)20(21,22)23/h2-4,9-10,12-13H,5-8,11H2,1H3. The van der Waals surface area contributed by atoms with Crippen molar-refractivity contribution in [3.8, 4) is 5.69 Å². The highest BCUT2D eigenvalue weighted by atomic mass is 19.4. The van der Waals surface area contributed by atoms with Gasteiger partial charge in [-0.1, -0.05) is 13.0 Å². The van der Waals surface area contributed by atoms with Gasteiger partial charge < -0.3 is 4.90 Å². The lowest BCUT2D eigenvalue weighted by Gasteiger charge is -2.30. The van der Waals surface area contributed by atoms with E-state index in [1.54, 1.807) is 4.90 Å². The van der Waals surface area contributed by atoms with Crippen molar-refractivity contribution < 1.29 is 18.0 Å². The van der Waals surface area contributed by atoms with Crippen LogP contribution in [0, 0.1) is 5.92 Å². The summed E-state index contributed by atoms with van der Waals surface area (Å²) in [6, 6.07) is 4.63. The number of carbonyl (C=O) groups is 1. The van der Waals surface area contributed by atoms with E-state index in [-0.39, 0.29) is 29.2 Å². The summed E-state index contributed by atoms with van der Waals surface area (Å²) in [5.41, 5.74) is -1.01. The van der Waals surface area contributed by atoms with Crippen molar-refractivity contribution >= 4 is 16.9 Å². The van der Waals surface area contributed by atoms with Crippen LogP contribution in [0.25, 0.3) is 16.7 Å². The van der Waals surface area contributed by atoms with Gasteiger partial charge in [0.2, 0.25) is 5.91 Å². The van der Waals surface area contributed by atoms with Crippen LogP contribution in [0.3, 0.4) is 0 Å². The SMILES string of the molecule is CC1CCN(C(=O)Cn2cnc3c(cnn3-c3cccc(C(F)(F)F)c3)c2=O)CC1. The number of alkyl halides is 3. The highest BCUT2D eigenvalue weighted by Crippen LogP contribution is 2.30. The van der Waals surface area contributed by atoms with Gasteiger partial charge in [0.05, 0.1) is 17.4 Å². The lowest BCUT2D eigenvalue weighted by Crippen LogP contribution is -2.41. The van der Waals surface area contributed by atoms with E-state index in [1.165, 1.54) is 33.9 Å². The fraction of sp³-hybridized carbons (Fsp3) is 0.400. The van der Waals surface area contributed by atoms with E-state index in [2.05, 4.69) is 17.0 Å². The van der Waals surface area contributed by atoms with Crippen molar-refractivity contribution in [2.75, 3.05) is 13.1 Å². The van der Waals surface area contributed by atoms with Crippen molar-refractivity contribution in [1.29, 1.82) is 0 Å². The van der Waals surface area contributed by atoms with Gasteiger partial charge in [0.15, 0.2) is 5.65 Å². The topological polar surface area (TPSA) is 73.0 Å². The van der Waals surface area contributed by atoms with Gasteiger partial charge in [-0.2, -0.15) is 18.3 Å². The molecule has 0 atom stereocenters. The maximum Gasteiger partial charge on any atom is 0.416 e. The molecule has 1 amide bonds. The minimum Gasteiger partial charge on any atom is -0.341 e. The maximum absolute atomic E-state index is 13.0. The molecule has 0 bridgehead atoms. The maximum atomic E-state index is 13.0. The summed E-state index contributed by atoms with van der Waals surface area (Å²) < 4.78 is 41.4. The lowest BCUT2D eigenvalue weighted by atomic mass is 9.99. The zero-order valence-corrected chi connectivity index (χ0v) is 16.3. The number of hydrogen-bond acceptors (Lipinski definition) is 4. The molecule has 1 aliphatic rings. The van der Waals surface area contributed by atoms with Crippen LogP contribution in [-0.4, -0.2) is 43.2 Å². The zero-order valence-electron chi connectivity index (χ0n) is 16.3. The lowest BCUT2D eigenvalue weighted by molar-refractivity contribution is -0.137. The van der Waals surface area contributed by atoms with Crippen LogP contribution in [0.4, 0.5) is 13.2 Å². The number of rotatable bonds is 3. The van der Waals surface area contributed by atoms with E-state index in [9.17, 15) is 22.8 Å². The predicted octanol–water partition coefficient (Wildman–Crippen LogP) is 2.86. The Labute approximate surface area is 169 Å². The summed E-state index contributed by atoms with van der Waals surface area (Å²) in [5.74, 6) is 0.423. The van der Waals surface area contributed by atoms with Gasteiger partial charge in [-0.25, -0.2) is 9.67 Å². The Bertz CT molecular complexity index is 1140. The molecule has 0 unspecified atom stereocenters.